The van der Waals surface area contributed by atoms with Gasteiger partial charge in [0.2, 0.25) is 11.4 Å². The van der Waals surface area contributed by atoms with Crippen LogP contribution in [0.25, 0.3) is 39.7 Å². The second-order valence-electron chi connectivity index (χ2n) is 7.23. The van der Waals surface area contributed by atoms with Gasteiger partial charge in [-0.25, -0.2) is 18.6 Å². The monoisotopic (exact) mass is 473 g/mol. The summed E-state index contributed by atoms with van der Waals surface area (Å²) in [7, 11) is -4.94. The molecule has 1 heterocycles. The Balaban J connectivity index is 0.000000499. The van der Waals surface area contributed by atoms with Crippen molar-refractivity contribution in [3.05, 3.63) is 121 Å². The van der Waals surface area contributed by atoms with E-state index in [1.165, 1.54) is 0 Å². The molecule has 0 spiro atoms. The predicted molar refractivity (Wildman–Crippen MR) is 117 cm³/mol. The van der Waals surface area contributed by atoms with Crippen LogP contribution in [0.15, 0.2) is 126 Å². The number of oxazole rings is 1. The highest BCUT2D eigenvalue weighted by molar-refractivity contribution is 5.76. The van der Waals surface area contributed by atoms with Gasteiger partial charge in [-0.15, -0.1) is 14.8 Å². The molecule has 5 aromatic rings. The maximum absolute atomic E-state index is 8.49. The number of para-hydroxylation sites is 1. The maximum Gasteiger partial charge on any atom is 0.387 e. The summed E-state index contributed by atoms with van der Waals surface area (Å²) < 4.78 is 42.8. The fourth-order valence-corrected chi connectivity index (χ4v) is 3.63. The van der Waals surface area contributed by atoms with Crippen LogP contribution in [0.4, 0.5) is 0 Å². The number of aromatic nitrogens is 1. The Hall–Kier alpha value is -3.78. The third-order valence-electron chi connectivity index (χ3n) is 4.96. The standard InChI is InChI=1S/C27H20NO.ClHO4/c1-5-13-21(14-6-1)25-26(22-15-7-2-8-16-22)29-27(23-17-9-3-10-18-23)28(25)24-19-11-4-12-20-24;2-1(3,4)5/h1-20H;(H,2,3,4,5)/q+1;/p-1. The largest absolute Gasteiger partial charge is 0.396 e. The molecule has 0 amide bonds. The molecule has 0 aliphatic rings. The van der Waals surface area contributed by atoms with E-state index in [-0.39, 0.29) is 0 Å². The first kappa shape index (κ1) is 23.4. The first-order chi connectivity index (χ1) is 16.4. The van der Waals surface area contributed by atoms with Crippen molar-refractivity contribution in [1.82, 2.24) is 0 Å². The summed E-state index contributed by atoms with van der Waals surface area (Å²) in [6.45, 7) is 0. The van der Waals surface area contributed by atoms with E-state index in [2.05, 4.69) is 77.4 Å². The predicted octanol–water partition coefficient (Wildman–Crippen LogP) is 1.80. The van der Waals surface area contributed by atoms with Gasteiger partial charge in [-0.3, -0.25) is 0 Å². The van der Waals surface area contributed by atoms with Crippen molar-refractivity contribution < 1.29 is 37.9 Å². The molecule has 0 radical (unpaired) electrons. The van der Waals surface area contributed by atoms with Crippen LogP contribution in [0.2, 0.25) is 0 Å². The van der Waals surface area contributed by atoms with Crippen LogP contribution >= 0.6 is 0 Å². The van der Waals surface area contributed by atoms with E-state index in [0.717, 1.165) is 39.7 Å². The number of benzene rings is 4. The van der Waals surface area contributed by atoms with Gasteiger partial charge < -0.3 is 4.42 Å². The molecule has 0 aliphatic heterocycles. The van der Waals surface area contributed by atoms with Gasteiger partial charge in [-0.2, -0.15) is 0 Å². The van der Waals surface area contributed by atoms with Crippen LogP contribution in [0.3, 0.4) is 0 Å². The molecule has 4 aromatic carbocycles. The van der Waals surface area contributed by atoms with E-state index in [4.69, 9.17) is 23.1 Å². The van der Waals surface area contributed by atoms with Gasteiger partial charge in [0.1, 0.15) is 0 Å². The summed E-state index contributed by atoms with van der Waals surface area (Å²) in [4.78, 5) is 0. The zero-order valence-corrected chi connectivity index (χ0v) is 18.7. The van der Waals surface area contributed by atoms with Crippen LogP contribution in [-0.2, 0) is 0 Å². The lowest BCUT2D eigenvalue weighted by molar-refractivity contribution is -2.00. The molecule has 0 unspecified atom stereocenters. The Kier molecular flexibility index (Phi) is 7.18. The number of hydrogen-bond acceptors (Lipinski definition) is 5. The molecule has 0 aliphatic carbocycles. The highest BCUT2D eigenvalue weighted by Crippen LogP contribution is 2.35. The zero-order valence-electron chi connectivity index (χ0n) is 17.9. The number of hydrogen-bond donors (Lipinski definition) is 0. The Morgan fingerprint density at radius 3 is 1.35 bits per heavy atom. The lowest BCUT2D eigenvalue weighted by atomic mass is 10.1. The molecule has 0 atom stereocenters. The van der Waals surface area contributed by atoms with Crippen LogP contribution in [0.1, 0.15) is 0 Å². The lowest BCUT2D eigenvalue weighted by Crippen LogP contribution is -2.68. The van der Waals surface area contributed by atoms with Crippen molar-refractivity contribution in [2.45, 2.75) is 0 Å². The minimum Gasteiger partial charge on any atom is -0.396 e. The molecular weight excluding hydrogens is 454 g/mol. The molecule has 0 saturated heterocycles. The molecule has 7 heteroatoms. The molecular formula is C27H20ClNO5. The topological polar surface area (TPSA) is 109 Å². The summed E-state index contributed by atoms with van der Waals surface area (Å²) in [5.74, 6) is 1.68. The highest BCUT2D eigenvalue weighted by atomic mass is 35.7. The second kappa shape index (κ2) is 10.4. The highest BCUT2D eigenvalue weighted by Gasteiger charge is 2.33. The Bertz CT molecular complexity index is 1220. The lowest BCUT2D eigenvalue weighted by Gasteiger charge is -2.17. The number of rotatable bonds is 4. The Morgan fingerprint density at radius 2 is 0.882 bits per heavy atom. The minimum atomic E-state index is -4.94. The second-order valence-corrected chi connectivity index (χ2v) is 7.99. The summed E-state index contributed by atoms with van der Waals surface area (Å²) in [6.07, 6.45) is 0. The van der Waals surface area contributed by atoms with Gasteiger partial charge in [0.25, 0.3) is 5.69 Å². The average Bonchev–Trinajstić information content (AvgIpc) is 3.26. The summed E-state index contributed by atoms with van der Waals surface area (Å²) in [6, 6.07) is 41.4. The zero-order chi connectivity index (χ0) is 24.0. The fraction of sp³-hybridized carbons (Fsp3) is 0. The SMILES string of the molecule is [O-][Cl+3]([O-])([O-])[O-].c1ccc(-c2oc(-c3ccccc3)[n+](-c3ccccc3)c2-c2ccccc2)cc1. The van der Waals surface area contributed by atoms with Crippen LogP contribution in [0.5, 0.6) is 0 Å². The molecule has 0 fully saturated rings. The molecule has 0 bridgehead atoms. The quantitative estimate of drug-likeness (QED) is 0.370. The third-order valence-corrected chi connectivity index (χ3v) is 4.96. The van der Waals surface area contributed by atoms with Gasteiger partial charge in [0.05, 0.1) is 11.1 Å². The van der Waals surface area contributed by atoms with E-state index in [0.29, 0.717) is 0 Å². The van der Waals surface area contributed by atoms with Crippen molar-refractivity contribution in [2.24, 2.45) is 0 Å². The van der Waals surface area contributed by atoms with Gasteiger partial charge in [0.15, 0.2) is 0 Å². The van der Waals surface area contributed by atoms with Crippen molar-refractivity contribution in [2.75, 3.05) is 0 Å². The smallest absolute Gasteiger partial charge is 0.387 e. The Morgan fingerprint density at radius 1 is 0.500 bits per heavy atom. The minimum absolute atomic E-state index is 0.814. The van der Waals surface area contributed by atoms with Gasteiger partial charge in [0, 0.05) is 17.7 Å². The molecule has 0 N–H and O–H groups in total. The van der Waals surface area contributed by atoms with Crippen molar-refractivity contribution in [1.29, 1.82) is 0 Å². The van der Waals surface area contributed by atoms with Crippen molar-refractivity contribution in [3.8, 4) is 39.7 Å². The van der Waals surface area contributed by atoms with Crippen molar-refractivity contribution in [3.63, 3.8) is 0 Å². The van der Waals surface area contributed by atoms with Gasteiger partial charge in [-0.05, 0) is 24.3 Å². The first-order valence-corrected chi connectivity index (χ1v) is 11.6. The van der Waals surface area contributed by atoms with E-state index in [1.54, 1.807) is 0 Å². The van der Waals surface area contributed by atoms with Crippen molar-refractivity contribution >= 4 is 0 Å². The average molecular weight is 474 g/mol. The molecule has 6 nitrogen and oxygen atoms in total. The fourth-order valence-electron chi connectivity index (χ4n) is 3.63. The maximum atomic E-state index is 8.49. The van der Waals surface area contributed by atoms with E-state index in [9.17, 15) is 0 Å². The van der Waals surface area contributed by atoms with E-state index < -0.39 is 10.2 Å². The molecule has 1 aromatic heterocycles. The number of nitrogens with zero attached hydrogens (tertiary/aromatic N) is 1. The van der Waals surface area contributed by atoms with Gasteiger partial charge in [-0.1, -0.05) is 84.9 Å². The van der Waals surface area contributed by atoms with E-state index >= 15 is 0 Å². The molecule has 0 saturated carbocycles. The summed E-state index contributed by atoms with van der Waals surface area (Å²) in [5, 5.41) is 0. The number of halogens is 1. The molecule has 34 heavy (non-hydrogen) atoms. The molecule has 170 valence electrons. The van der Waals surface area contributed by atoms with Gasteiger partial charge >= 0.3 is 5.89 Å². The molecule has 5 rings (SSSR count). The first-order valence-electron chi connectivity index (χ1n) is 10.3. The Labute approximate surface area is 199 Å². The third kappa shape index (κ3) is 5.77. The normalized spacial score (nSPS) is 10.9. The van der Waals surface area contributed by atoms with Crippen LogP contribution in [-0.4, -0.2) is 0 Å². The van der Waals surface area contributed by atoms with E-state index in [1.807, 2.05) is 48.5 Å². The van der Waals surface area contributed by atoms with Crippen LogP contribution in [0, 0.1) is 10.2 Å². The summed E-state index contributed by atoms with van der Waals surface area (Å²) >= 11 is 0. The summed E-state index contributed by atoms with van der Waals surface area (Å²) in [5.41, 5.74) is 5.31. The van der Waals surface area contributed by atoms with Crippen LogP contribution < -0.4 is 23.2 Å².